The molecule has 1 aliphatic carbocycles. The third-order valence-corrected chi connectivity index (χ3v) is 5.27. The SMILES string of the molecule is CNc1ncc(C#Cc2cc3nc(C)oc3cn2)c2cc(NC(=O)[C@H]3C[C@H]3C)nnc12. The number of amides is 1. The molecule has 0 saturated heterocycles. The van der Waals surface area contributed by atoms with Crippen molar-refractivity contribution >= 4 is 39.5 Å². The summed E-state index contributed by atoms with van der Waals surface area (Å²) in [5.74, 6) is 8.13. The van der Waals surface area contributed by atoms with E-state index in [-0.39, 0.29) is 11.8 Å². The number of aromatic nitrogens is 5. The first-order chi connectivity index (χ1) is 15.0. The highest BCUT2D eigenvalue weighted by atomic mass is 16.3. The van der Waals surface area contributed by atoms with Crippen LogP contribution in [-0.2, 0) is 4.79 Å². The van der Waals surface area contributed by atoms with Crippen LogP contribution in [-0.4, -0.2) is 38.1 Å². The predicted molar refractivity (Wildman–Crippen MR) is 115 cm³/mol. The molecule has 4 aromatic heterocycles. The van der Waals surface area contributed by atoms with Gasteiger partial charge >= 0.3 is 0 Å². The number of anilines is 2. The highest BCUT2D eigenvalue weighted by Gasteiger charge is 2.39. The summed E-state index contributed by atoms with van der Waals surface area (Å²) in [4.78, 5) is 25.3. The van der Waals surface area contributed by atoms with Gasteiger partial charge in [-0.25, -0.2) is 15.0 Å². The summed E-state index contributed by atoms with van der Waals surface area (Å²) < 4.78 is 5.45. The average molecular weight is 413 g/mol. The van der Waals surface area contributed by atoms with Crippen molar-refractivity contribution in [3.63, 3.8) is 0 Å². The number of carbonyl (C=O) groups is 1. The van der Waals surface area contributed by atoms with Crippen molar-refractivity contribution in [2.45, 2.75) is 20.3 Å². The van der Waals surface area contributed by atoms with Crippen LogP contribution in [0, 0.1) is 30.6 Å². The van der Waals surface area contributed by atoms with Gasteiger partial charge in [0, 0.05) is 37.5 Å². The number of hydrogen-bond acceptors (Lipinski definition) is 8. The average Bonchev–Trinajstić information content (AvgIpc) is 3.38. The molecule has 2 N–H and O–H groups in total. The van der Waals surface area contributed by atoms with Gasteiger partial charge in [-0.3, -0.25) is 4.79 Å². The number of carbonyl (C=O) groups excluding carboxylic acids is 1. The van der Waals surface area contributed by atoms with E-state index in [1.165, 1.54) is 0 Å². The van der Waals surface area contributed by atoms with E-state index in [1.54, 1.807) is 38.5 Å². The largest absolute Gasteiger partial charge is 0.439 e. The lowest BCUT2D eigenvalue weighted by atomic mass is 10.1. The van der Waals surface area contributed by atoms with Crippen molar-refractivity contribution < 1.29 is 9.21 Å². The van der Waals surface area contributed by atoms with Crippen LogP contribution in [0.3, 0.4) is 0 Å². The molecule has 31 heavy (non-hydrogen) atoms. The van der Waals surface area contributed by atoms with Gasteiger partial charge in [-0.15, -0.1) is 10.2 Å². The van der Waals surface area contributed by atoms with Crippen LogP contribution < -0.4 is 10.6 Å². The monoisotopic (exact) mass is 413 g/mol. The van der Waals surface area contributed by atoms with E-state index in [0.29, 0.717) is 51.3 Å². The molecule has 1 fully saturated rings. The molecule has 4 heterocycles. The Labute approximate surface area is 177 Å². The molecule has 4 aromatic rings. The normalized spacial score (nSPS) is 17.3. The molecule has 5 rings (SSSR count). The lowest BCUT2D eigenvalue weighted by Crippen LogP contribution is -2.16. The van der Waals surface area contributed by atoms with Crippen molar-refractivity contribution in [1.82, 2.24) is 25.1 Å². The molecule has 1 amide bonds. The van der Waals surface area contributed by atoms with Crippen molar-refractivity contribution in [1.29, 1.82) is 0 Å². The van der Waals surface area contributed by atoms with Gasteiger partial charge in [0.2, 0.25) is 5.91 Å². The van der Waals surface area contributed by atoms with Crippen molar-refractivity contribution in [3.05, 3.63) is 41.7 Å². The zero-order chi connectivity index (χ0) is 21.5. The fourth-order valence-corrected chi connectivity index (χ4v) is 3.43. The van der Waals surface area contributed by atoms with E-state index in [1.807, 2.05) is 0 Å². The molecular formula is C22H19N7O2. The molecule has 0 unspecified atom stereocenters. The molecular weight excluding hydrogens is 394 g/mol. The van der Waals surface area contributed by atoms with Crippen LogP contribution in [0.4, 0.5) is 11.6 Å². The van der Waals surface area contributed by atoms with Gasteiger partial charge in [0.1, 0.15) is 16.7 Å². The van der Waals surface area contributed by atoms with E-state index in [0.717, 1.165) is 11.8 Å². The van der Waals surface area contributed by atoms with Crippen molar-refractivity contribution in [2.24, 2.45) is 11.8 Å². The molecule has 0 aromatic carbocycles. The Morgan fingerprint density at radius 1 is 1.19 bits per heavy atom. The number of hydrogen-bond donors (Lipinski definition) is 2. The number of fused-ring (bicyclic) bond motifs is 2. The Balaban J connectivity index is 1.53. The summed E-state index contributed by atoms with van der Waals surface area (Å²) in [6, 6.07) is 3.55. The van der Waals surface area contributed by atoms with Crippen LogP contribution in [0.2, 0.25) is 0 Å². The first-order valence-electron chi connectivity index (χ1n) is 9.92. The Hall–Kier alpha value is -4.06. The number of nitrogens with zero attached hydrogens (tertiary/aromatic N) is 5. The molecule has 154 valence electrons. The Morgan fingerprint density at radius 3 is 2.81 bits per heavy atom. The minimum absolute atomic E-state index is 0.0305. The Kier molecular flexibility index (Phi) is 4.47. The van der Waals surface area contributed by atoms with E-state index in [4.69, 9.17) is 4.42 Å². The number of rotatable bonds is 3. The van der Waals surface area contributed by atoms with E-state index >= 15 is 0 Å². The summed E-state index contributed by atoms with van der Waals surface area (Å²) in [7, 11) is 1.76. The minimum atomic E-state index is -0.0305. The van der Waals surface area contributed by atoms with Gasteiger partial charge in [-0.2, -0.15) is 0 Å². The predicted octanol–water partition coefficient (Wildman–Crippen LogP) is 2.91. The molecule has 9 heteroatoms. The maximum atomic E-state index is 12.3. The standard InChI is InChI=1S/C22H19N7O2/c1-11-6-15(11)22(30)27-19-8-16-13(9-25-21(23-3)20(16)29-28-19)4-5-14-7-17-18(10-24-14)31-12(2)26-17/h7-11,15H,6H2,1-3H3,(H,23,25)(H,27,28,30)/t11-,15+/m1/s1. The zero-order valence-corrected chi connectivity index (χ0v) is 17.2. The number of oxazole rings is 1. The highest BCUT2D eigenvalue weighted by Crippen LogP contribution is 2.38. The quantitative estimate of drug-likeness (QED) is 0.492. The molecule has 9 nitrogen and oxygen atoms in total. The maximum Gasteiger partial charge on any atom is 0.228 e. The van der Waals surface area contributed by atoms with Crippen LogP contribution in [0.25, 0.3) is 22.0 Å². The van der Waals surface area contributed by atoms with Gasteiger partial charge in [-0.1, -0.05) is 12.8 Å². The first kappa shape index (κ1) is 18.9. The molecule has 0 spiro atoms. The molecule has 1 saturated carbocycles. The lowest BCUT2D eigenvalue weighted by Gasteiger charge is -2.08. The maximum absolute atomic E-state index is 12.3. The highest BCUT2D eigenvalue weighted by molar-refractivity contribution is 5.97. The molecule has 1 aliphatic rings. The molecule has 0 radical (unpaired) electrons. The second-order valence-corrected chi connectivity index (χ2v) is 7.59. The third kappa shape index (κ3) is 3.64. The van der Waals surface area contributed by atoms with Gasteiger partial charge in [0.15, 0.2) is 23.1 Å². The van der Waals surface area contributed by atoms with Gasteiger partial charge in [-0.05, 0) is 24.3 Å². The Morgan fingerprint density at radius 2 is 2.03 bits per heavy atom. The number of pyridine rings is 2. The van der Waals surface area contributed by atoms with Crippen LogP contribution in [0.5, 0.6) is 0 Å². The van der Waals surface area contributed by atoms with Crippen molar-refractivity contribution in [2.75, 3.05) is 17.7 Å². The molecule has 2 atom stereocenters. The van der Waals surface area contributed by atoms with Gasteiger partial charge in [0.25, 0.3) is 0 Å². The summed E-state index contributed by atoms with van der Waals surface area (Å²) in [5, 5.41) is 15.0. The second kappa shape index (κ2) is 7.32. The number of nitrogens with one attached hydrogen (secondary N) is 2. The van der Waals surface area contributed by atoms with Crippen LogP contribution >= 0.6 is 0 Å². The second-order valence-electron chi connectivity index (χ2n) is 7.59. The van der Waals surface area contributed by atoms with Crippen molar-refractivity contribution in [3.8, 4) is 11.8 Å². The molecule has 0 bridgehead atoms. The Bertz CT molecular complexity index is 1400. The summed E-state index contributed by atoms with van der Waals surface area (Å²) in [5.41, 5.74) is 3.11. The summed E-state index contributed by atoms with van der Waals surface area (Å²) in [6.45, 7) is 3.84. The van der Waals surface area contributed by atoms with Crippen LogP contribution in [0.1, 0.15) is 30.5 Å². The lowest BCUT2D eigenvalue weighted by molar-refractivity contribution is -0.117. The van der Waals surface area contributed by atoms with Gasteiger partial charge in [0.05, 0.1) is 11.8 Å². The summed E-state index contributed by atoms with van der Waals surface area (Å²) >= 11 is 0. The first-order valence-corrected chi connectivity index (χ1v) is 9.92. The van der Waals surface area contributed by atoms with E-state index in [9.17, 15) is 4.79 Å². The zero-order valence-electron chi connectivity index (χ0n) is 17.2. The third-order valence-electron chi connectivity index (χ3n) is 5.27. The summed E-state index contributed by atoms with van der Waals surface area (Å²) in [6.07, 6.45) is 4.17. The van der Waals surface area contributed by atoms with E-state index < -0.39 is 0 Å². The minimum Gasteiger partial charge on any atom is -0.439 e. The topological polar surface area (TPSA) is 119 Å². The van der Waals surface area contributed by atoms with Crippen LogP contribution in [0.15, 0.2) is 28.9 Å². The molecule has 0 aliphatic heterocycles. The fraction of sp³-hybridized carbons (Fsp3) is 0.273. The van der Waals surface area contributed by atoms with Gasteiger partial charge < -0.3 is 15.1 Å². The fourth-order valence-electron chi connectivity index (χ4n) is 3.43. The van der Waals surface area contributed by atoms with E-state index in [2.05, 4.69) is 54.5 Å². The smallest absolute Gasteiger partial charge is 0.228 e. The number of aryl methyl sites for hydroxylation is 1.